The molecule has 0 spiro atoms. The number of thioether (sulfide) groups is 1. The summed E-state index contributed by atoms with van der Waals surface area (Å²) in [6.45, 7) is 0. The molecule has 0 saturated heterocycles. The Morgan fingerprint density at radius 1 is 1.04 bits per heavy atom. The van der Waals surface area contributed by atoms with Crippen molar-refractivity contribution in [2.75, 3.05) is 0 Å². The van der Waals surface area contributed by atoms with Gasteiger partial charge in [0.25, 0.3) is 5.56 Å². The van der Waals surface area contributed by atoms with E-state index in [1.807, 2.05) is 30.3 Å². The van der Waals surface area contributed by atoms with Gasteiger partial charge in [0.1, 0.15) is 5.82 Å². The molecule has 4 aromatic rings. The first-order valence-electron chi connectivity index (χ1n) is 7.23. The zero-order chi connectivity index (χ0) is 16.4. The maximum absolute atomic E-state index is 12.1. The highest BCUT2D eigenvalue weighted by Gasteiger charge is 2.08. The van der Waals surface area contributed by atoms with Gasteiger partial charge in [-0.05, 0) is 24.3 Å². The van der Waals surface area contributed by atoms with Gasteiger partial charge >= 0.3 is 0 Å². The second-order valence-corrected chi connectivity index (χ2v) is 5.96. The van der Waals surface area contributed by atoms with Gasteiger partial charge < -0.3 is 4.98 Å². The van der Waals surface area contributed by atoms with Gasteiger partial charge in [-0.15, -0.1) is 5.10 Å². The van der Waals surface area contributed by atoms with Crippen molar-refractivity contribution in [3.8, 4) is 11.4 Å². The van der Waals surface area contributed by atoms with Gasteiger partial charge in [-0.25, -0.2) is 9.97 Å². The number of hydrogen-bond donors (Lipinski definition) is 2. The average molecular weight is 336 g/mol. The van der Waals surface area contributed by atoms with Gasteiger partial charge in [-0.1, -0.05) is 23.9 Å². The number of aromatic amines is 2. The van der Waals surface area contributed by atoms with Crippen LogP contribution in [0.2, 0.25) is 0 Å². The minimum atomic E-state index is -0.135. The number of H-pyrrole nitrogens is 2. The summed E-state index contributed by atoms with van der Waals surface area (Å²) in [6.07, 6.45) is 3.41. The summed E-state index contributed by atoms with van der Waals surface area (Å²) in [4.78, 5) is 27.7. The van der Waals surface area contributed by atoms with Crippen LogP contribution < -0.4 is 5.56 Å². The van der Waals surface area contributed by atoms with Gasteiger partial charge in [-0.3, -0.25) is 14.9 Å². The molecule has 0 saturated carbocycles. The Morgan fingerprint density at radius 3 is 2.75 bits per heavy atom. The zero-order valence-electron chi connectivity index (χ0n) is 12.4. The van der Waals surface area contributed by atoms with Crippen LogP contribution in [0.1, 0.15) is 5.82 Å². The topological polar surface area (TPSA) is 100 Å². The summed E-state index contributed by atoms with van der Waals surface area (Å²) >= 11 is 1.40. The van der Waals surface area contributed by atoms with Crippen LogP contribution in [0, 0.1) is 0 Å². The number of benzene rings is 1. The maximum atomic E-state index is 12.1. The lowest BCUT2D eigenvalue weighted by Crippen LogP contribution is -2.11. The Balaban J connectivity index is 1.53. The molecule has 3 heterocycles. The molecule has 4 rings (SSSR count). The van der Waals surface area contributed by atoms with Crippen molar-refractivity contribution in [3.63, 3.8) is 0 Å². The third-order valence-electron chi connectivity index (χ3n) is 3.42. The lowest BCUT2D eigenvalue weighted by molar-refractivity contribution is 0.966. The molecular weight excluding hydrogens is 324 g/mol. The molecule has 1 aromatic carbocycles. The predicted molar refractivity (Wildman–Crippen MR) is 91.5 cm³/mol. The summed E-state index contributed by atoms with van der Waals surface area (Å²) in [5, 5.41) is 8.26. The lowest BCUT2D eigenvalue weighted by atomic mass is 10.2. The predicted octanol–water partition coefficient (Wildman–Crippen LogP) is 2.40. The molecule has 2 N–H and O–H groups in total. The number of nitrogens with one attached hydrogen (secondary N) is 2. The van der Waals surface area contributed by atoms with Crippen molar-refractivity contribution in [3.05, 3.63) is 65.0 Å². The van der Waals surface area contributed by atoms with E-state index in [2.05, 4.69) is 30.1 Å². The van der Waals surface area contributed by atoms with E-state index >= 15 is 0 Å². The fraction of sp³-hybridized carbons (Fsp3) is 0.0625. The fourth-order valence-electron chi connectivity index (χ4n) is 2.29. The van der Waals surface area contributed by atoms with E-state index in [1.54, 1.807) is 18.5 Å². The third kappa shape index (κ3) is 2.91. The van der Waals surface area contributed by atoms with Crippen LogP contribution in [0.4, 0.5) is 0 Å². The van der Waals surface area contributed by atoms with Crippen molar-refractivity contribution in [1.29, 1.82) is 0 Å². The molecule has 0 aliphatic heterocycles. The van der Waals surface area contributed by atoms with E-state index in [4.69, 9.17) is 0 Å². The molecule has 24 heavy (non-hydrogen) atoms. The number of pyridine rings is 1. The SMILES string of the molecule is O=c1[nH]c(CSc2n[nH]c(-c3ccncc3)n2)nc2ccccc12. The number of fused-ring (bicyclic) bond motifs is 1. The Labute approximate surface area is 140 Å². The summed E-state index contributed by atoms with van der Waals surface area (Å²) in [5.41, 5.74) is 1.47. The van der Waals surface area contributed by atoms with Crippen LogP contribution in [-0.4, -0.2) is 30.1 Å². The third-order valence-corrected chi connectivity index (χ3v) is 4.28. The number of rotatable bonds is 4. The van der Waals surface area contributed by atoms with Crippen LogP contribution in [0.25, 0.3) is 22.3 Å². The fourth-order valence-corrected chi connectivity index (χ4v) is 2.95. The molecular formula is C16H12N6OS. The summed E-state index contributed by atoms with van der Waals surface area (Å²) in [5.74, 6) is 1.76. The number of nitrogens with zero attached hydrogens (tertiary/aromatic N) is 4. The molecule has 0 amide bonds. The molecule has 118 valence electrons. The smallest absolute Gasteiger partial charge is 0.258 e. The maximum Gasteiger partial charge on any atom is 0.258 e. The van der Waals surface area contributed by atoms with Crippen LogP contribution >= 0.6 is 11.8 Å². The molecule has 0 radical (unpaired) electrons. The standard InChI is InChI=1S/C16H12N6OS/c23-15-11-3-1-2-4-12(11)18-13(19-15)9-24-16-20-14(21-22-16)10-5-7-17-8-6-10/h1-8H,9H2,(H,18,19,23)(H,20,21,22). The van der Waals surface area contributed by atoms with E-state index in [1.165, 1.54) is 11.8 Å². The zero-order valence-corrected chi connectivity index (χ0v) is 13.2. The van der Waals surface area contributed by atoms with E-state index in [9.17, 15) is 4.79 Å². The first-order chi connectivity index (χ1) is 11.8. The molecule has 0 unspecified atom stereocenters. The summed E-state index contributed by atoms with van der Waals surface area (Å²) < 4.78 is 0. The van der Waals surface area contributed by atoms with Crippen molar-refractivity contribution in [2.24, 2.45) is 0 Å². The second kappa shape index (κ2) is 6.25. The number of hydrogen-bond acceptors (Lipinski definition) is 6. The largest absolute Gasteiger partial charge is 0.309 e. The van der Waals surface area contributed by atoms with Crippen molar-refractivity contribution >= 4 is 22.7 Å². The van der Waals surface area contributed by atoms with Crippen LogP contribution in [-0.2, 0) is 5.75 Å². The van der Waals surface area contributed by atoms with Crippen molar-refractivity contribution in [1.82, 2.24) is 30.1 Å². The molecule has 0 atom stereocenters. The minimum Gasteiger partial charge on any atom is -0.309 e. The Morgan fingerprint density at radius 2 is 1.88 bits per heavy atom. The summed E-state index contributed by atoms with van der Waals surface area (Å²) in [6, 6.07) is 11.0. The second-order valence-electron chi connectivity index (χ2n) is 5.02. The van der Waals surface area contributed by atoms with Crippen LogP contribution in [0.15, 0.2) is 58.7 Å². The van der Waals surface area contributed by atoms with Crippen LogP contribution in [0.5, 0.6) is 0 Å². The van der Waals surface area contributed by atoms with Crippen molar-refractivity contribution < 1.29 is 0 Å². The van der Waals surface area contributed by atoms with Crippen molar-refractivity contribution in [2.45, 2.75) is 10.9 Å². The minimum absolute atomic E-state index is 0.135. The van der Waals surface area contributed by atoms with E-state index in [0.717, 1.165) is 5.56 Å². The average Bonchev–Trinajstić information content (AvgIpc) is 3.10. The Hall–Kier alpha value is -3.00. The first kappa shape index (κ1) is 14.6. The number of para-hydroxylation sites is 1. The first-order valence-corrected chi connectivity index (χ1v) is 8.22. The van der Waals surface area contributed by atoms with Crippen LogP contribution in [0.3, 0.4) is 0 Å². The molecule has 7 nitrogen and oxygen atoms in total. The summed E-state index contributed by atoms with van der Waals surface area (Å²) in [7, 11) is 0. The Kier molecular flexibility index (Phi) is 3.80. The van der Waals surface area contributed by atoms with Gasteiger partial charge in [0.05, 0.1) is 16.7 Å². The molecule has 8 heteroatoms. The monoisotopic (exact) mass is 336 g/mol. The van der Waals surface area contributed by atoms with Gasteiger partial charge in [0.15, 0.2) is 5.82 Å². The highest BCUT2D eigenvalue weighted by atomic mass is 32.2. The highest BCUT2D eigenvalue weighted by Crippen LogP contribution is 2.21. The highest BCUT2D eigenvalue weighted by molar-refractivity contribution is 7.98. The number of aromatic nitrogens is 6. The molecule has 3 aromatic heterocycles. The van der Waals surface area contributed by atoms with Gasteiger partial charge in [-0.2, -0.15) is 0 Å². The van der Waals surface area contributed by atoms with Gasteiger partial charge in [0.2, 0.25) is 5.16 Å². The van der Waals surface area contributed by atoms with E-state index in [-0.39, 0.29) is 5.56 Å². The molecule has 0 fully saturated rings. The Bertz CT molecular complexity index is 1040. The molecule has 0 bridgehead atoms. The van der Waals surface area contributed by atoms with E-state index < -0.39 is 0 Å². The normalized spacial score (nSPS) is 11.0. The van der Waals surface area contributed by atoms with E-state index in [0.29, 0.717) is 33.5 Å². The quantitative estimate of drug-likeness (QED) is 0.555. The molecule has 0 aliphatic rings. The van der Waals surface area contributed by atoms with Gasteiger partial charge in [0, 0.05) is 18.0 Å². The molecule has 0 aliphatic carbocycles. The lowest BCUT2D eigenvalue weighted by Gasteiger charge is -2.01.